The van der Waals surface area contributed by atoms with Crippen molar-refractivity contribution in [2.24, 2.45) is 0 Å². The van der Waals surface area contributed by atoms with E-state index in [9.17, 15) is 13.6 Å². The number of ether oxygens (including phenoxy) is 1. The third-order valence-electron chi connectivity index (χ3n) is 3.43. The van der Waals surface area contributed by atoms with Crippen LogP contribution in [0, 0.1) is 25.5 Å². The topological polar surface area (TPSA) is 26.3 Å². The van der Waals surface area contributed by atoms with Gasteiger partial charge in [-0.15, -0.1) is 0 Å². The van der Waals surface area contributed by atoms with E-state index in [0.29, 0.717) is 5.75 Å². The fraction of sp³-hybridized carbons (Fsp3) is 0.235. The van der Waals surface area contributed by atoms with Crippen LogP contribution in [-0.2, 0) is 0 Å². The minimum atomic E-state index is -1.04. The molecular weight excluding hydrogens is 274 g/mol. The summed E-state index contributed by atoms with van der Waals surface area (Å²) in [6.07, 6.45) is -0.782. The minimum Gasteiger partial charge on any atom is -0.482 e. The number of halogens is 2. The zero-order chi connectivity index (χ0) is 15.6. The van der Waals surface area contributed by atoms with Gasteiger partial charge < -0.3 is 4.74 Å². The van der Waals surface area contributed by atoms with Crippen LogP contribution in [0.15, 0.2) is 36.4 Å². The van der Waals surface area contributed by atoms with E-state index < -0.39 is 23.5 Å². The number of Topliss-reactive ketones (excluding diaryl/α,β-unsaturated/α-hetero) is 1. The first kappa shape index (κ1) is 15.2. The first-order valence-corrected chi connectivity index (χ1v) is 6.62. The van der Waals surface area contributed by atoms with E-state index in [2.05, 4.69) is 0 Å². The summed E-state index contributed by atoms with van der Waals surface area (Å²) in [6, 6.07) is 8.64. The molecule has 0 aliphatic rings. The van der Waals surface area contributed by atoms with E-state index in [-0.39, 0.29) is 5.56 Å². The number of hydrogen-bond donors (Lipinski definition) is 0. The molecule has 4 heteroatoms. The van der Waals surface area contributed by atoms with E-state index in [1.165, 1.54) is 6.07 Å². The van der Waals surface area contributed by atoms with Crippen LogP contribution in [0.2, 0.25) is 0 Å². The number of hydrogen-bond acceptors (Lipinski definition) is 2. The van der Waals surface area contributed by atoms with Gasteiger partial charge in [0.15, 0.2) is 17.7 Å². The van der Waals surface area contributed by atoms with Gasteiger partial charge in [0.1, 0.15) is 5.75 Å². The Hall–Kier alpha value is -2.23. The van der Waals surface area contributed by atoms with Crippen molar-refractivity contribution in [1.29, 1.82) is 0 Å². The van der Waals surface area contributed by atoms with Gasteiger partial charge >= 0.3 is 0 Å². The van der Waals surface area contributed by atoms with Gasteiger partial charge in [-0.3, -0.25) is 4.79 Å². The second-order valence-electron chi connectivity index (χ2n) is 4.95. The van der Waals surface area contributed by atoms with Gasteiger partial charge in [-0.2, -0.15) is 0 Å². The predicted octanol–water partition coefficient (Wildman–Crippen LogP) is 4.23. The zero-order valence-electron chi connectivity index (χ0n) is 12.1. The molecule has 0 bridgehead atoms. The molecule has 2 aromatic rings. The largest absolute Gasteiger partial charge is 0.482 e. The third-order valence-corrected chi connectivity index (χ3v) is 3.43. The number of aryl methyl sites for hydroxylation is 1. The highest BCUT2D eigenvalue weighted by atomic mass is 19.2. The number of carbonyl (C=O) groups excluding carboxylic acids is 1. The Kier molecular flexibility index (Phi) is 4.36. The smallest absolute Gasteiger partial charge is 0.203 e. The molecule has 0 spiro atoms. The quantitative estimate of drug-likeness (QED) is 0.788. The van der Waals surface area contributed by atoms with Crippen LogP contribution in [0.3, 0.4) is 0 Å². The van der Waals surface area contributed by atoms with Gasteiger partial charge in [0.2, 0.25) is 5.78 Å². The van der Waals surface area contributed by atoms with Gasteiger partial charge in [-0.25, -0.2) is 8.78 Å². The number of ketones is 1. The van der Waals surface area contributed by atoms with Crippen molar-refractivity contribution in [3.63, 3.8) is 0 Å². The molecule has 21 heavy (non-hydrogen) atoms. The summed E-state index contributed by atoms with van der Waals surface area (Å²) in [4.78, 5) is 12.2. The molecule has 0 N–H and O–H groups in total. The lowest BCUT2D eigenvalue weighted by atomic mass is 10.1. The number of rotatable bonds is 4. The lowest BCUT2D eigenvalue weighted by Crippen LogP contribution is -2.24. The van der Waals surface area contributed by atoms with Crippen LogP contribution >= 0.6 is 0 Å². The Morgan fingerprint density at radius 1 is 1.10 bits per heavy atom. The molecule has 1 atom stereocenters. The highest BCUT2D eigenvalue weighted by Crippen LogP contribution is 2.22. The number of benzene rings is 2. The Morgan fingerprint density at radius 2 is 1.81 bits per heavy atom. The highest BCUT2D eigenvalue weighted by molar-refractivity contribution is 5.99. The molecule has 0 aromatic heterocycles. The maximum absolute atomic E-state index is 13.2. The maximum Gasteiger partial charge on any atom is 0.203 e. The highest BCUT2D eigenvalue weighted by Gasteiger charge is 2.19. The van der Waals surface area contributed by atoms with Crippen molar-refractivity contribution >= 4 is 5.78 Å². The summed E-state index contributed by atoms with van der Waals surface area (Å²) < 4.78 is 31.7. The van der Waals surface area contributed by atoms with E-state index >= 15 is 0 Å². The first-order chi connectivity index (χ1) is 9.90. The zero-order valence-corrected chi connectivity index (χ0v) is 12.1. The molecule has 110 valence electrons. The Balaban J connectivity index is 2.19. The summed E-state index contributed by atoms with van der Waals surface area (Å²) in [5.74, 6) is -1.80. The molecular formula is C17H16F2O2. The number of carbonyl (C=O) groups is 1. The normalized spacial score (nSPS) is 12.0. The molecule has 2 rings (SSSR count). The average molecular weight is 290 g/mol. The lowest BCUT2D eigenvalue weighted by Gasteiger charge is -2.16. The summed E-state index contributed by atoms with van der Waals surface area (Å²) in [7, 11) is 0. The fourth-order valence-electron chi connectivity index (χ4n) is 1.98. The van der Waals surface area contributed by atoms with Crippen LogP contribution in [0.5, 0.6) is 5.75 Å². The molecule has 0 radical (unpaired) electrons. The molecule has 0 heterocycles. The van der Waals surface area contributed by atoms with E-state index in [0.717, 1.165) is 23.3 Å². The fourth-order valence-corrected chi connectivity index (χ4v) is 1.98. The van der Waals surface area contributed by atoms with Crippen LogP contribution < -0.4 is 4.74 Å². The summed E-state index contributed by atoms with van der Waals surface area (Å²) >= 11 is 0. The van der Waals surface area contributed by atoms with Gasteiger partial charge in [-0.1, -0.05) is 12.1 Å². The molecule has 1 unspecified atom stereocenters. The van der Waals surface area contributed by atoms with E-state index in [1.807, 2.05) is 26.0 Å². The second kappa shape index (κ2) is 6.04. The van der Waals surface area contributed by atoms with Crippen molar-refractivity contribution in [2.75, 3.05) is 0 Å². The van der Waals surface area contributed by atoms with Crippen molar-refractivity contribution < 1.29 is 18.3 Å². The van der Waals surface area contributed by atoms with E-state index in [1.54, 1.807) is 13.0 Å². The monoisotopic (exact) mass is 290 g/mol. The SMILES string of the molecule is Cc1cccc(OC(C)C(=O)c2ccc(F)c(F)c2)c1C. The molecule has 2 aromatic carbocycles. The summed E-state index contributed by atoms with van der Waals surface area (Å²) in [5, 5.41) is 0. The van der Waals surface area contributed by atoms with Crippen molar-refractivity contribution in [3.8, 4) is 5.75 Å². The van der Waals surface area contributed by atoms with Gasteiger partial charge in [0.25, 0.3) is 0 Å². The molecule has 0 amide bonds. The van der Waals surface area contributed by atoms with Gasteiger partial charge in [0.05, 0.1) is 0 Å². The Bertz CT molecular complexity index is 680. The molecule has 0 fully saturated rings. The third kappa shape index (κ3) is 3.27. The predicted molar refractivity (Wildman–Crippen MR) is 76.7 cm³/mol. The van der Waals surface area contributed by atoms with Crippen molar-refractivity contribution in [2.45, 2.75) is 26.9 Å². The molecule has 0 saturated heterocycles. The summed E-state index contributed by atoms with van der Waals surface area (Å²) in [6.45, 7) is 5.44. The second-order valence-corrected chi connectivity index (χ2v) is 4.95. The van der Waals surface area contributed by atoms with Crippen molar-refractivity contribution in [1.82, 2.24) is 0 Å². The molecule has 2 nitrogen and oxygen atoms in total. The molecule has 0 aliphatic heterocycles. The molecule has 0 saturated carbocycles. The Morgan fingerprint density at radius 3 is 2.48 bits per heavy atom. The lowest BCUT2D eigenvalue weighted by molar-refractivity contribution is 0.0816. The van der Waals surface area contributed by atoms with Crippen LogP contribution in [0.1, 0.15) is 28.4 Å². The Labute approximate surface area is 122 Å². The maximum atomic E-state index is 13.2. The minimum absolute atomic E-state index is 0.0895. The first-order valence-electron chi connectivity index (χ1n) is 6.62. The van der Waals surface area contributed by atoms with Crippen molar-refractivity contribution in [3.05, 3.63) is 64.7 Å². The van der Waals surface area contributed by atoms with Crippen LogP contribution in [-0.4, -0.2) is 11.9 Å². The van der Waals surface area contributed by atoms with Gasteiger partial charge in [-0.05, 0) is 56.2 Å². The average Bonchev–Trinajstić information content (AvgIpc) is 2.46. The van der Waals surface area contributed by atoms with Gasteiger partial charge in [0, 0.05) is 5.56 Å². The summed E-state index contributed by atoms with van der Waals surface area (Å²) in [5.41, 5.74) is 2.09. The van der Waals surface area contributed by atoms with E-state index in [4.69, 9.17) is 4.74 Å². The standard InChI is InChI=1S/C17H16F2O2/c1-10-5-4-6-16(11(10)2)21-12(3)17(20)13-7-8-14(18)15(19)9-13/h4-9,12H,1-3H3. The van der Waals surface area contributed by atoms with Crippen LogP contribution in [0.25, 0.3) is 0 Å². The van der Waals surface area contributed by atoms with Crippen LogP contribution in [0.4, 0.5) is 8.78 Å². The molecule has 0 aliphatic carbocycles.